The maximum Gasteiger partial charge on any atom is 0.380 e. The topological polar surface area (TPSA) is 123 Å². The number of ether oxygens (including phenoxy) is 5. The lowest BCUT2D eigenvalue weighted by atomic mass is 9.81. The first-order chi connectivity index (χ1) is 12.9. The SMILES string of the molecule is COC(=O)[C@@]12OC(c3cccc([N+](=O)[O-])c3)=C[C@H]3C(=O)O[C@@H]([C@H](OC)O1)[C@H]32. The van der Waals surface area contributed by atoms with Gasteiger partial charge in [0.05, 0.1) is 23.9 Å². The summed E-state index contributed by atoms with van der Waals surface area (Å²) < 4.78 is 26.9. The van der Waals surface area contributed by atoms with Gasteiger partial charge in [0, 0.05) is 24.8 Å². The number of non-ortho nitro benzene ring substituents is 1. The summed E-state index contributed by atoms with van der Waals surface area (Å²) in [5, 5.41) is 11.1. The Balaban J connectivity index is 1.82. The molecule has 142 valence electrons. The van der Waals surface area contributed by atoms with Crippen molar-refractivity contribution in [3.05, 3.63) is 46.0 Å². The van der Waals surface area contributed by atoms with E-state index >= 15 is 0 Å². The zero-order valence-corrected chi connectivity index (χ0v) is 14.3. The van der Waals surface area contributed by atoms with Crippen molar-refractivity contribution in [2.24, 2.45) is 11.8 Å². The van der Waals surface area contributed by atoms with Gasteiger partial charge >= 0.3 is 17.7 Å². The molecule has 4 rings (SSSR count). The normalized spacial score (nSPS) is 33.6. The van der Waals surface area contributed by atoms with E-state index in [1.807, 2.05) is 0 Å². The molecule has 3 aliphatic rings. The molecule has 2 saturated heterocycles. The zero-order valence-electron chi connectivity index (χ0n) is 14.3. The van der Waals surface area contributed by atoms with Crippen molar-refractivity contribution in [2.75, 3.05) is 14.2 Å². The van der Waals surface area contributed by atoms with Crippen LogP contribution in [0.25, 0.3) is 5.76 Å². The summed E-state index contributed by atoms with van der Waals surface area (Å²) in [6.07, 6.45) is -0.371. The molecule has 3 heterocycles. The highest BCUT2D eigenvalue weighted by Gasteiger charge is 2.72. The molecule has 0 bridgehead atoms. The second kappa shape index (κ2) is 6.03. The molecule has 27 heavy (non-hydrogen) atoms. The number of hydrogen-bond acceptors (Lipinski definition) is 9. The van der Waals surface area contributed by atoms with Crippen molar-refractivity contribution >= 4 is 23.4 Å². The highest BCUT2D eigenvalue weighted by atomic mass is 16.8. The van der Waals surface area contributed by atoms with Crippen LogP contribution in [0.3, 0.4) is 0 Å². The molecule has 1 aromatic rings. The number of nitrogens with zero attached hydrogens (tertiary/aromatic N) is 1. The van der Waals surface area contributed by atoms with Crippen LogP contribution in [0.2, 0.25) is 0 Å². The van der Waals surface area contributed by atoms with Crippen molar-refractivity contribution < 1.29 is 38.2 Å². The van der Waals surface area contributed by atoms with Crippen LogP contribution in [0.15, 0.2) is 30.3 Å². The Labute approximate surface area is 152 Å². The molecule has 0 spiro atoms. The van der Waals surface area contributed by atoms with E-state index in [0.29, 0.717) is 5.56 Å². The maximum absolute atomic E-state index is 12.6. The van der Waals surface area contributed by atoms with E-state index in [0.717, 1.165) is 7.11 Å². The van der Waals surface area contributed by atoms with Crippen LogP contribution in [-0.4, -0.2) is 49.3 Å². The van der Waals surface area contributed by atoms with Crippen molar-refractivity contribution in [2.45, 2.75) is 18.2 Å². The molecular weight excluding hydrogens is 362 g/mol. The van der Waals surface area contributed by atoms with E-state index in [1.54, 1.807) is 6.07 Å². The molecule has 3 aliphatic heterocycles. The van der Waals surface area contributed by atoms with Gasteiger partial charge in [-0.3, -0.25) is 19.6 Å². The average Bonchev–Trinajstić information content (AvgIpc) is 3.19. The summed E-state index contributed by atoms with van der Waals surface area (Å²) >= 11 is 0. The Morgan fingerprint density at radius 3 is 2.78 bits per heavy atom. The van der Waals surface area contributed by atoms with E-state index in [1.165, 1.54) is 31.4 Å². The molecule has 0 aromatic heterocycles. The molecule has 0 saturated carbocycles. The molecule has 0 radical (unpaired) electrons. The fourth-order valence-electron chi connectivity index (χ4n) is 3.74. The van der Waals surface area contributed by atoms with Gasteiger partial charge < -0.3 is 18.9 Å². The van der Waals surface area contributed by atoms with Crippen LogP contribution in [0.1, 0.15) is 5.56 Å². The third-order valence-electron chi connectivity index (χ3n) is 4.90. The number of nitro groups is 1. The standard InChI is InChI=1S/C17H15NO9/c1-23-15-13-12-10(14(19)25-13)7-11(26-17(12,27-15)16(20)24-2)8-4-3-5-9(6-8)18(21)22/h3-7,10,12-13,15H,1-2H3/t10-,12+,13-,15-,17+/m1/s1. The second-order valence-corrected chi connectivity index (χ2v) is 6.27. The van der Waals surface area contributed by atoms with E-state index in [2.05, 4.69) is 0 Å². The third-order valence-corrected chi connectivity index (χ3v) is 4.90. The van der Waals surface area contributed by atoms with E-state index in [9.17, 15) is 19.7 Å². The molecule has 0 amide bonds. The fourth-order valence-corrected chi connectivity index (χ4v) is 3.74. The van der Waals surface area contributed by atoms with Gasteiger partial charge in [0.1, 0.15) is 5.76 Å². The molecule has 0 aliphatic carbocycles. The molecule has 10 heteroatoms. The van der Waals surface area contributed by atoms with Crippen LogP contribution < -0.4 is 0 Å². The lowest BCUT2D eigenvalue weighted by Crippen LogP contribution is -2.52. The molecule has 0 N–H and O–H groups in total. The zero-order chi connectivity index (χ0) is 19.3. The number of carbonyl (C=O) groups excluding carboxylic acids is 2. The summed E-state index contributed by atoms with van der Waals surface area (Å²) in [7, 11) is 2.51. The number of rotatable bonds is 4. The first-order valence-corrected chi connectivity index (χ1v) is 8.06. The quantitative estimate of drug-likeness (QED) is 0.429. The van der Waals surface area contributed by atoms with Gasteiger partial charge in [-0.05, 0) is 6.08 Å². The summed E-state index contributed by atoms with van der Waals surface area (Å²) in [5.41, 5.74) is 0.145. The number of benzene rings is 1. The Morgan fingerprint density at radius 1 is 1.33 bits per heavy atom. The molecule has 2 fully saturated rings. The largest absolute Gasteiger partial charge is 0.464 e. The van der Waals surface area contributed by atoms with Crippen LogP contribution >= 0.6 is 0 Å². The first kappa shape index (κ1) is 17.4. The Morgan fingerprint density at radius 2 is 2.11 bits per heavy atom. The molecular formula is C17H15NO9. The van der Waals surface area contributed by atoms with Gasteiger partial charge in [0.25, 0.3) is 5.69 Å². The summed E-state index contributed by atoms with van der Waals surface area (Å²) in [6.45, 7) is 0. The fraction of sp³-hybridized carbons (Fsp3) is 0.412. The first-order valence-electron chi connectivity index (χ1n) is 8.06. The van der Waals surface area contributed by atoms with Gasteiger partial charge in [-0.15, -0.1) is 0 Å². The minimum Gasteiger partial charge on any atom is -0.464 e. The van der Waals surface area contributed by atoms with Crippen LogP contribution in [0, 0.1) is 22.0 Å². The smallest absolute Gasteiger partial charge is 0.380 e. The predicted molar refractivity (Wildman–Crippen MR) is 85.6 cm³/mol. The summed E-state index contributed by atoms with van der Waals surface area (Å²) in [6, 6.07) is 5.62. The van der Waals surface area contributed by atoms with E-state index in [4.69, 9.17) is 23.7 Å². The van der Waals surface area contributed by atoms with Crippen LogP contribution in [0.4, 0.5) is 5.69 Å². The van der Waals surface area contributed by atoms with Crippen molar-refractivity contribution in [1.29, 1.82) is 0 Å². The summed E-state index contributed by atoms with van der Waals surface area (Å²) in [5.74, 6) is -4.93. The van der Waals surface area contributed by atoms with Crippen molar-refractivity contribution in [1.82, 2.24) is 0 Å². The lowest BCUT2D eigenvalue weighted by molar-refractivity contribution is -0.384. The number of hydrogen-bond donors (Lipinski definition) is 0. The number of nitro benzene ring substituents is 1. The predicted octanol–water partition coefficient (Wildman–Crippen LogP) is 0.996. The van der Waals surface area contributed by atoms with E-state index < -0.39 is 46.9 Å². The number of carbonyl (C=O) groups is 2. The highest BCUT2D eigenvalue weighted by molar-refractivity contribution is 5.88. The Kier molecular flexibility index (Phi) is 3.89. The van der Waals surface area contributed by atoms with Crippen molar-refractivity contribution in [3.8, 4) is 0 Å². The van der Waals surface area contributed by atoms with Gasteiger partial charge in [-0.2, -0.15) is 0 Å². The second-order valence-electron chi connectivity index (χ2n) is 6.27. The number of esters is 2. The van der Waals surface area contributed by atoms with Crippen molar-refractivity contribution in [3.63, 3.8) is 0 Å². The molecule has 0 unspecified atom stereocenters. The van der Waals surface area contributed by atoms with E-state index in [-0.39, 0.29) is 11.4 Å². The van der Waals surface area contributed by atoms with Gasteiger partial charge in [-0.1, -0.05) is 12.1 Å². The highest BCUT2D eigenvalue weighted by Crippen LogP contribution is 2.54. The van der Waals surface area contributed by atoms with Gasteiger partial charge in [0.15, 0.2) is 12.4 Å². The monoisotopic (exact) mass is 377 g/mol. The minimum absolute atomic E-state index is 0.0831. The summed E-state index contributed by atoms with van der Waals surface area (Å²) in [4.78, 5) is 35.4. The van der Waals surface area contributed by atoms with Gasteiger partial charge in [0.2, 0.25) is 0 Å². The maximum atomic E-state index is 12.6. The van der Waals surface area contributed by atoms with Gasteiger partial charge in [-0.25, -0.2) is 4.79 Å². The molecule has 5 atom stereocenters. The number of methoxy groups -OCH3 is 2. The minimum atomic E-state index is -1.95. The Hall–Kier alpha value is -2.98. The lowest BCUT2D eigenvalue weighted by Gasteiger charge is -2.36. The molecule has 1 aromatic carbocycles. The Bertz CT molecular complexity index is 866. The van der Waals surface area contributed by atoms with Crippen LogP contribution in [-0.2, 0) is 33.3 Å². The average molecular weight is 377 g/mol. The third kappa shape index (κ3) is 2.41. The van der Waals surface area contributed by atoms with Crippen LogP contribution in [0.5, 0.6) is 0 Å². The molecule has 10 nitrogen and oxygen atoms in total.